The highest BCUT2D eigenvalue weighted by Crippen LogP contribution is 2.41. The second-order valence-electron chi connectivity index (χ2n) is 3.57. The summed E-state index contributed by atoms with van der Waals surface area (Å²) in [5.74, 6) is -0.112. The highest BCUT2D eigenvalue weighted by atomic mass is 16.8. The summed E-state index contributed by atoms with van der Waals surface area (Å²) >= 11 is 0. The van der Waals surface area contributed by atoms with Crippen LogP contribution in [0.1, 0.15) is 13.8 Å². The molecule has 1 heterocycles. The van der Waals surface area contributed by atoms with Crippen molar-refractivity contribution >= 4 is 0 Å². The Morgan fingerprint density at radius 2 is 2.00 bits per heavy atom. The Morgan fingerprint density at radius 3 is 2.43 bits per heavy atom. The Balaban J connectivity index is 2.11. The van der Waals surface area contributed by atoms with Gasteiger partial charge in [0.1, 0.15) is 18.0 Å². The summed E-state index contributed by atoms with van der Waals surface area (Å²) in [6, 6.07) is 9.38. The van der Waals surface area contributed by atoms with E-state index in [-0.39, 0.29) is 6.10 Å². The molecule has 3 heteroatoms. The van der Waals surface area contributed by atoms with Crippen LogP contribution in [-0.4, -0.2) is 23.1 Å². The fourth-order valence-electron chi connectivity index (χ4n) is 1.55. The number of aliphatic hydroxyl groups excluding tert-OH is 1. The molecule has 0 amide bonds. The van der Waals surface area contributed by atoms with Crippen LogP contribution in [0.25, 0.3) is 0 Å². The van der Waals surface area contributed by atoms with Crippen molar-refractivity contribution in [2.75, 3.05) is 0 Å². The largest absolute Gasteiger partial charge is 0.457 e. The van der Waals surface area contributed by atoms with Crippen LogP contribution in [-0.2, 0) is 4.74 Å². The highest BCUT2D eigenvalue weighted by molar-refractivity contribution is 5.23. The lowest BCUT2D eigenvalue weighted by Gasteiger charge is -2.17. The van der Waals surface area contributed by atoms with E-state index in [1.165, 1.54) is 0 Å². The average molecular weight is 194 g/mol. The summed E-state index contributed by atoms with van der Waals surface area (Å²) in [6.07, 6.45) is -0.680. The predicted octanol–water partition coefficient (Wildman–Crippen LogP) is 1.56. The van der Waals surface area contributed by atoms with Crippen LogP contribution in [0.3, 0.4) is 0 Å². The molecule has 3 unspecified atom stereocenters. The highest BCUT2D eigenvalue weighted by Gasteiger charge is 2.60. The second-order valence-corrected chi connectivity index (χ2v) is 3.57. The molecule has 0 aromatic heterocycles. The van der Waals surface area contributed by atoms with Gasteiger partial charge >= 0.3 is 0 Å². The van der Waals surface area contributed by atoms with Gasteiger partial charge in [-0.1, -0.05) is 18.2 Å². The van der Waals surface area contributed by atoms with E-state index in [0.717, 1.165) is 5.75 Å². The topological polar surface area (TPSA) is 42.0 Å². The molecule has 2 rings (SSSR count). The molecule has 0 saturated carbocycles. The van der Waals surface area contributed by atoms with E-state index in [4.69, 9.17) is 9.47 Å². The van der Waals surface area contributed by atoms with E-state index in [1.54, 1.807) is 6.92 Å². The van der Waals surface area contributed by atoms with Crippen LogP contribution in [0.15, 0.2) is 30.3 Å². The zero-order valence-electron chi connectivity index (χ0n) is 8.31. The van der Waals surface area contributed by atoms with Gasteiger partial charge in [0.15, 0.2) is 0 Å². The summed E-state index contributed by atoms with van der Waals surface area (Å²) in [6.45, 7) is 3.56. The molecule has 76 valence electrons. The fraction of sp³-hybridized carbons (Fsp3) is 0.455. The number of para-hydroxylation sites is 1. The van der Waals surface area contributed by atoms with E-state index in [1.807, 2.05) is 37.3 Å². The van der Waals surface area contributed by atoms with Crippen LogP contribution in [0.5, 0.6) is 5.75 Å². The second kappa shape index (κ2) is 3.26. The standard InChI is InChI=1S/C11H14O3/c1-8(12)11(9(2)13-11)14-10-6-4-3-5-7-10/h3-9,12H,1-2H3. The van der Waals surface area contributed by atoms with Crippen molar-refractivity contribution in [2.45, 2.75) is 31.8 Å². The quantitative estimate of drug-likeness (QED) is 0.742. The van der Waals surface area contributed by atoms with Gasteiger partial charge in [-0.3, -0.25) is 0 Å². The minimum Gasteiger partial charge on any atom is -0.457 e. The number of hydrogen-bond donors (Lipinski definition) is 1. The van der Waals surface area contributed by atoms with E-state index >= 15 is 0 Å². The van der Waals surface area contributed by atoms with E-state index in [0.29, 0.717) is 0 Å². The summed E-state index contributed by atoms with van der Waals surface area (Å²) < 4.78 is 10.9. The Labute approximate surface area is 83.3 Å². The SMILES string of the molecule is CC(O)C1(Oc2ccccc2)OC1C. The lowest BCUT2D eigenvalue weighted by atomic mass is 10.2. The van der Waals surface area contributed by atoms with Crippen LogP contribution in [0, 0.1) is 0 Å². The van der Waals surface area contributed by atoms with Gasteiger partial charge in [-0.25, -0.2) is 0 Å². The maximum atomic E-state index is 9.52. The smallest absolute Gasteiger partial charge is 0.263 e. The molecule has 3 atom stereocenters. The van der Waals surface area contributed by atoms with Gasteiger partial charge < -0.3 is 14.6 Å². The normalized spacial score (nSPS) is 32.4. The molecule has 3 nitrogen and oxygen atoms in total. The summed E-state index contributed by atoms with van der Waals surface area (Å²) in [4.78, 5) is 0. The van der Waals surface area contributed by atoms with Crippen molar-refractivity contribution in [2.24, 2.45) is 0 Å². The lowest BCUT2D eigenvalue weighted by molar-refractivity contribution is -0.0428. The van der Waals surface area contributed by atoms with Gasteiger partial charge in [-0.05, 0) is 26.0 Å². The maximum absolute atomic E-state index is 9.52. The number of benzene rings is 1. The number of ether oxygens (including phenoxy) is 2. The minimum absolute atomic E-state index is 0.0530. The summed E-state index contributed by atoms with van der Waals surface area (Å²) in [5.41, 5.74) is 0. The zero-order chi connectivity index (χ0) is 10.2. The van der Waals surface area contributed by atoms with Crippen LogP contribution < -0.4 is 4.74 Å². The van der Waals surface area contributed by atoms with Crippen LogP contribution in [0.4, 0.5) is 0 Å². The Hall–Kier alpha value is -1.06. The van der Waals surface area contributed by atoms with E-state index in [9.17, 15) is 5.11 Å². The molecule has 1 aromatic rings. The Kier molecular flexibility index (Phi) is 2.21. The number of epoxide rings is 1. The number of hydrogen-bond acceptors (Lipinski definition) is 3. The molecular formula is C11H14O3. The minimum atomic E-state index is -0.832. The molecule has 1 fully saturated rings. The van der Waals surface area contributed by atoms with Crippen LogP contribution >= 0.6 is 0 Å². The van der Waals surface area contributed by atoms with Gasteiger partial charge in [0.05, 0.1) is 0 Å². The third-order valence-corrected chi connectivity index (χ3v) is 2.47. The molecule has 0 spiro atoms. The molecule has 14 heavy (non-hydrogen) atoms. The third-order valence-electron chi connectivity index (χ3n) is 2.47. The Bertz CT molecular complexity index is 310. The molecule has 0 aliphatic carbocycles. The first-order valence-corrected chi connectivity index (χ1v) is 4.75. The lowest BCUT2D eigenvalue weighted by Crippen LogP contribution is -2.35. The van der Waals surface area contributed by atoms with E-state index < -0.39 is 11.9 Å². The molecule has 1 N–H and O–H groups in total. The molecule has 1 aliphatic rings. The number of rotatable bonds is 3. The molecular weight excluding hydrogens is 180 g/mol. The van der Waals surface area contributed by atoms with E-state index in [2.05, 4.69) is 0 Å². The van der Waals surface area contributed by atoms with Crippen molar-refractivity contribution < 1.29 is 14.6 Å². The molecule has 1 aromatic carbocycles. The zero-order valence-corrected chi connectivity index (χ0v) is 8.31. The summed E-state index contributed by atoms with van der Waals surface area (Å²) in [7, 11) is 0. The number of aliphatic hydroxyl groups is 1. The third kappa shape index (κ3) is 1.49. The summed E-state index contributed by atoms with van der Waals surface area (Å²) in [5, 5.41) is 9.52. The molecule has 1 saturated heterocycles. The van der Waals surface area contributed by atoms with Gasteiger partial charge in [0.2, 0.25) is 0 Å². The Morgan fingerprint density at radius 1 is 1.43 bits per heavy atom. The molecule has 0 radical (unpaired) electrons. The predicted molar refractivity (Wildman–Crippen MR) is 52.0 cm³/mol. The van der Waals surface area contributed by atoms with Gasteiger partial charge in [0, 0.05) is 0 Å². The van der Waals surface area contributed by atoms with Crippen LogP contribution in [0.2, 0.25) is 0 Å². The van der Waals surface area contributed by atoms with Gasteiger partial charge in [-0.15, -0.1) is 0 Å². The van der Waals surface area contributed by atoms with Gasteiger partial charge in [-0.2, -0.15) is 0 Å². The monoisotopic (exact) mass is 194 g/mol. The van der Waals surface area contributed by atoms with Crippen molar-refractivity contribution in [1.29, 1.82) is 0 Å². The molecule has 1 aliphatic heterocycles. The van der Waals surface area contributed by atoms with Crippen molar-refractivity contribution in [1.82, 2.24) is 0 Å². The fourth-order valence-corrected chi connectivity index (χ4v) is 1.55. The average Bonchev–Trinajstić information content (AvgIpc) is 2.80. The van der Waals surface area contributed by atoms with Gasteiger partial charge in [0.25, 0.3) is 5.79 Å². The van der Waals surface area contributed by atoms with Crippen molar-refractivity contribution in [3.63, 3.8) is 0 Å². The van der Waals surface area contributed by atoms with Crippen molar-refractivity contribution in [3.05, 3.63) is 30.3 Å². The maximum Gasteiger partial charge on any atom is 0.263 e. The molecule has 0 bridgehead atoms. The first-order chi connectivity index (χ1) is 6.65. The van der Waals surface area contributed by atoms with Crippen molar-refractivity contribution in [3.8, 4) is 5.75 Å². The first-order valence-electron chi connectivity index (χ1n) is 4.75. The first kappa shape index (κ1) is 9.49.